The van der Waals surface area contributed by atoms with Crippen molar-refractivity contribution in [3.05, 3.63) is 64.7 Å². The lowest BCUT2D eigenvalue weighted by Gasteiger charge is -2.33. The van der Waals surface area contributed by atoms with Crippen LogP contribution >= 0.6 is 0 Å². The summed E-state index contributed by atoms with van der Waals surface area (Å²) in [5.41, 5.74) is -4.66. The van der Waals surface area contributed by atoms with Gasteiger partial charge in [-0.05, 0) is 42.0 Å². The van der Waals surface area contributed by atoms with Crippen LogP contribution in [0.25, 0.3) is 0 Å². The Morgan fingerprint density at radius 1 is 0.906 bits per heavy atom. The maximum Gasteiger partial charge on any atom is 0.430 e. The fraction of sp³-hybridized carbons (Fsp3) is 0.409. The molecule has 1 heterocycles. The molecule has 10 heteroatoms. The second-order valence-corrected chi connectivity index (χ2v) is 7.70. The third kappa shape index (κ3) is 4.47. The van der Waals surface area contributed by atoms with Crippen LogP contribution in [0.2, 0.25) is 0 Å². The second-order valence-electron chi connectivity index (χ2n) is 7.70. The van der Waals surface area contributed by atoms with Crippen molar-refractivity contribution in [1.82, 2.24) is 0 Å². The molecule has 0 saturated heterocycles. The fourth-order valence-corrected chi connectivity index (χ4v) is 3.76. The molecule has 0 atom stereocenters. The molecule has 0 aromatic heterocycles. The molecule has 0 radical (unpaired) electrons. The topological polar surface area (TPSA) is 60.8 Å². The molecular weight excluding hydrogens is 440 g/mol. The first-order valence-electron chi connectivity index (χ1n) is 9.86. The van der Waals surface area contributed by atoms with E-state index in [-0.39, 0.29) is 43.2 Å². The Balaban J connectivity index is 1.95. The lowest BCUT2D eigenvalue weighted by molar-refractivity contribution is -0.376. The van der Waals surface area contributed by atoms with Crippen LogP contribution < -0.4 is 4.90 Å². The number of aryl methyl sites for hydroxylation is 1. The number of alkyl halides is 6. The Labute approximate surface area is 180 Å². The van der Waals surface area contributed by atoms with Crippen molar-refractivity contribution in [2.24, 2.45) is 0 Å². The number of carbonyl (C=O) groups excluding carboxylic acids is 1. The van der Waals surface area contributed by atoms with Gasteiger partial charge in [0.1, 0.15) is 0 Å². The number of carbonyl (C=O) groups is 1. The number of benzene rings is 2. The zero-order valence-electron chi connectivity index (χ0n) is 16.8. The minimum absolute atomic E-state index is 0.0259. The van der Waals surface area contributed by atoms with Crippen molar-refractivity contribution < 1.29 is 41.4 Å². The molecule has 32 heavy (non-hydrogen) atoms. The Kier molecular flexibility index (Phi) is 6.57. The van der Waals surface area contributed by atoms with E-state index in [1.807, 2.05) is 0 Å². The van der Waals surface area contributed by atoms with Gasteiger partial charge in [-0.3, -0.25) is 4.79 Å². The van der Waals surface area contributed by atoms with E-state index in [9.17, 15) is 36.2 Å². The number of anilines is 1. The van der Waals surface area contributed by atoms with Gasteiger partial charge in [0, 0.05) is 17.8 Å². The first-order valence-corrected chi connectivity index (χ1v) is 9.86. The molecule has 0 bridgehead atoms. The molecule has 0 spiro atoms. The summed E-state index contributed by atoms with van der Waals surface area (Å²) in [4.78, 5) is 14.3. The average molecular weight is 461 g/mol. The quantitative estimate of drug-likeness (QED) is 0.664. The largest absolute Gasteiger partial charge is 0.430 e. The van der Waals surface area contributed by atoms with Crippen LogP contribution in [0.1, 0.15) is 35.1 Å². The summed E-state index contributed by atoms with van der Waals surface area (Å²) >= 11 is 0. The summed E-state index contributed by atoms with van der Waals surface area (Å²) in [7, 11) is 0. The Hall–Kier alpha value is -2.59. The summed E-state index contributed by atoms with van der Waals surface area (Å²) in [5.74, 6) is -0.362. The highest BCUT2D eigenvalue weighted by atomic mass is 19.4. The van der Waals surface area contributed by atoms with Gasteiger partial charge in [-0.1, -0.05) is 36.4 Å². The first-order chi connectivity index (χ1) is 14.9. The van der Waals surface area contributed by atoms with Gasteiger partial charge in [-0.25, -0.2) is 0 Å². The van der Waals surface area contributed by atoms with Gasteiger partial charge in [0.2, 0.25) is 5.91 Å². The maximum atomic E-state index is 13.2. The lowest BCUT2D eigenvalue weighted by Crippen LogP contribution is -2.54. The number of aliphatic hydroxyl groups is 2. The highest BCUT2D eigenvalue weighted by molar-refractivity contribution is 5.95. The molecule has 1 aliphatic heterocycles. The zero-order valence-corrected chi connectivity index (χ0v) is 16.8. The predicted molar refractivity (Wildman–Crippen MR) is 104 cm³/mol. The third-order valence-corrected chi connectivity index (χ3v) is 5.55. The van der Waals surface area contributed by atoms with Crippen molar-refractivity contribution in [2.45, 2.75) is 50.2 Å². The summed E-state index contributed by atoms with van der Waals surface area (Å²) in [5, 5.41) is 18.8. The number of hydrogen-bond acceptors (Lipinski definition) is 3. The van der Waals surface area contributed by atoms with Crippen LogP contribution in [0.4, 0.5) is 32.0 Å². The Morgan fingerprint density at radius 2 is 1.50 bits per heavy atom. The van der Waals surface area contributed by atoms with Crippen molar-refractivity contribution >= 4 is 11.6 Å². The minimum atomic E-state index is -5.97. The third-order valence-electron chi connectivity index (χ3n) is 5.55. The van der Waals surface area contributed by atoms with Gasteiger partial charge in [0.05, 0.1) is 13.0 Å². The molecule has 0 fully saturated rings. The molecule has 0 aliphatic carbocycles. The van der Waals surface area contributed by atoms with Crippen LogP contribution in [0.5, 0.6) is 0 Å². The fourth-order valence-electron chi connectivity index (χ4n) is 3.76. The summed E-state index contributed by atoms with van der Waals surface area (Å²) in [6.45, 7) is 0.112. The van der Waals surface area contributed by atoms with Gasteiger partial charge >= 0.3 is 12.4 Å². The van der Waals surface area contributed by atoms with E-state index >= 15 is 0 Å². The maximum absolute atomic E-state index is 13.2. The molecule has 1 amide bonds. The molecule has 3 rings (SSSR count). The number of rotatable bonds is 4. The second kappa shape index (κ2) is 8.74. The SMILES string of the molecule is O=C(Cc1ccc(CO)cc1)N1CCCCc2cc(C(O)(C(F)(F)F)C(F)(F)F)ccc21. The van der Waals surface area contributed by atoms with Crippen molar-refractivity contribution in [2.75, 3.05) is 11.4 Å². The molecule has 1 aliphatic rings. The molecule has 2 N–H and O–H groups in total. The number of fused-ring (bicyclic) bond motifs is 1. The number of amides is 1. The van der Waals surface area contributed by atoms with Crippen molar-refractivity contribution in [1.29, 1.82) is 0 Å². The summed E-state index contributed by atoms with van der Waals surface area (Å²) in [6.07, 6.45) is -10.8. The highest BCUT2D eigenvalue weighted by Crippen LogP contribution is 2.50. The zero-order chi connectivity index (χ0) is 23.7. The van der Waals surface area contributed by atoms with Gasteiger partial charge in [0.15, 0.2) is 0 Å². The van der Waals surface area contributed by atoms with Crippen molar-refractivity contribution in [3.8, 4) is 0 Å². The first kappa shape index (κ1) is 24.1. The van der Waals surface area contributed by atoms with Gasteiger partial charge < -0.3 is 15.1 Å². The standard InChI is InChI=1S/C22H21F6NO3/c23-21(24,25)20(32,22(26,27)28)17-8-9-18-16(12-17)3-1-2-10-29(18)19(31)11-14-4-6-15(13-30)7-5-14/h4-9,12,30,32H,1-3,10-11,13H2. The summed E-state index contributed by atoms with van der Waals surface area (Å²) in [6, 6.07) is 8.93. The molecular formula is C22H21F6NO3. The molecule has 0 unspecified atom stereocenters. The lowest BCUT2D eigenvalue weighted by atomic mass is 9.89. The van der Waals surface area contributed by atoms with Crippen LogP contribution in [-0.4, -0.2) is 35.0 Å². The Morgan fingerprint density at radius 3 is 2.06 bits per heavy atom. The Bertz CT molecular complexity index is 955. The normalized spacial score (nSPS) is 15.3. The van der Waals surface area contributed by atoms with E-state index in [0.29, 0.717) is 36.1 Å². The monoisotopic (exact) mass is 461 g/mol. The highest BCUT2D eigenvalue weighted by Gasteiger charge is 2.71. The number of aliphatic hydroxyl groups excluding tert-OH is 1. The van der Waals surface area contributed by atoms with E-state index in [1.165, 1.54) is 4.90 Å². The molecule has 2 aromatic carbocycles. The number of nitrogens with zero attached hydrogens (tertiary/aromatic N) is 1. The minimum Gasteiger partial charge on any atom is -0.392 e. The van der Waals surface area contributed by atoms with Crippen molar-refractivity contribution in [3.63, 3.8) is 0 Å². The summed E-state index contributed by atoms with van der Waals surface area (Å²) < 4.78 is 79.5. The predicted octanol–water partition coefficient (Wildman–Crippen LogP) is 4.40. The molecule has 2 aromatic rings. The van der Waals surface area contributed by atoms with Crippen LogP contribution in [0, 0.1) is 0 Å². The van der Waals surface area contributed by atoms with E-state index in [1.54, 1.807) is 24.3 Å². The van der Waals surface area contributed by atoms with E-state index in [0.717, 1.165) is 6.07 Å². The van der Waals surface area contributed by atoms with Gasteiger partial charge in [-0.15, -0.1) is 0 Å². The van der Waals surface area contributed by atoms with Gasteiger partial charge in [0.25, 0.3) is 5.60 Å². The molecule has 174 valence electrons. The van der Waals surface area contributed by atoms with Gasteiger partial charge in [-0.2, -0.15) is 26.3 Å². The van der Waals surface area contributed by atoms with E-state index in [2.05, 4.69) is 0 Å². The van der Waals surface area contributed by atoms with E-state index in [4.69, 9.17) is 5.11 Å². The van der Waals surface area contributed by atoms with Crippen LogP contribution in [-0.2, 0) is 29.8 Å². The molecule has 4 nitrogen and oxygen atoms in total. The number of halogens is 6. The smallest absolute Gasteiger partial charge is 0.392 e. The molecule has 0 saturated carbocycles. The van der Waals surface area contributed by atoms with Crippen LogP contribution in [0.3, 0.4) is 0 Å². The average Bonchev–Trinajstić information content (AvgIpc) is 2.94. The van der Waals surface area contributed by atoms with E-state index < -0.39 is 23.5 Å². The number of hydrogen-bond donors (Lipinski definition) is 2. The van der Waals surface area contributed by atoms with Crippen LogP contribution in [0.15, 0.2) is 42.5 Å².